The van der Waals surface area contributed by atoms with Crippen molar-refractivity contribution >= 4 is 0 Å². The second-order valence-electron chi connectivity index (χ2n) is 6.30. The first-order chi connectivity index (χ1) is 5.86. The second kappa shape index (κ2) is 3.63. The molecule has 0 aromatic carbocycles. The van der Waals surface area contributed by atoms with E-state index >= 15 is 0 Å². The van der Waals surface area contributed by atoms with Crippen molar-refractivity contribution in [3.63, 3.8) is 0 Å². The molecule has 1 atom stereocenters. The third-order valence-electron chi connectivity index (χ3n) is 4.34. The SMILES string of the molecule is CC(C(C)(C)C)C1(C)CCCCC1. The predicted molar refractivity (Wildman–Crippen MR) is 59.8 cm³/mol. The molecule has 0 heteroatoms. The Balaban J connectivity index is 2.67. The molecule has 1 unspecified atom stereocenters. The summed E-state index contributed by atoms with van der Waals surface area (Å²) in [5.41, 5.74) is 1.10. The molecule has 0 heterocycles. The molecule has 0 aliphatic heterocycles. The predicted octanol–water partition coefficient (Wildman–Crippen LogP) is 4.64. The molecule has 0 aromatic heterocycles. The van der Waals surface area contributed by atoms with Crippen LogP contribution in [0.1, 0.15) is 66.7 Å². The number of hydrogen-bond donors (Lipinski definition) is 0. The maximum absolute atomic E-state index is 2.50. The summed E-state index contributed by atoms with van der Waals surface area (Å²) in [5.74, 6) is 0.847. The third kappa shape index (κ3) is 2.48. The maximum Gasteiger partial charge on any atom is -0.0295 e. The van der Waals surface area contributed by atoms with E-state index < -0.39 is 0 Å². The molecule has 0 aromatic rings. The van der Waals surface area contributed by atoms with Crippen LogP contribution < -0.4 is 0 Å². The maximum atomic E-state index is 2.50. The Morgan fingerprint density at radius 2 is 1.46 bits per heavy atom. The van der Waals surface area contributed by atoms with Gasteiger partial charge in [0.2, 0.25) is 0 Å². The lowest BCUT2D eigenvalue weighted by Gasteiger charge is -2.45. The highest BCUT2D eigenvalue weighted by Crippen LogP contribution is 2.48. The zero-order chi connectivity index (χ0) is 10.1. The molecule has 0 spiro atoms. The van der Waals surface area contributed by atoms with Gasteiger partial charge in [0, 0.05) is 0 Å². The van der Waals surface area contributed by atoms with Gasteiger partial charge in [-0.3, -0.25) is 0 Å². The van der Waals surface area contributed by atoms with Gasteiger partial charge in [0.05, 0.1) is 0 Å². The van der Waals surface area contributed by atoms with Crippen molar-refractivity contribution < 1.29 is 0 Å². The fourth-order valence-corrected chi connectivity index (χ4v) is 2.84. The van der Waals surface area contributed by atoms with Crippen LogP contribution in [-0.4, -0.2) is 0 Å². The summed E-state index contributed by atoms with van der Waals surface area (Å²) in [6, 6.07) is 0. The van der Waals surface area contributed by atoms with Crippen LogP contribution in [0, 0.1) is 16.7 Å². The molecular weight excluding hydrogens is 156 g/mol. The summed E-state index contributed by atoms with van der Waals surface area (Å²) in [5, 5.41) is 0. The lowest BCUT2D eigenvalue weighted by Crippen LogP contribution is -2.36. The van der Waals surface area contributed by atoms with E-state index in [1.54, 1.807) is 0 Å². The minimum absolute atomic E-state index is 0.478. The van der Waals surface area contributed by atoms with Gasteiger partial charge in [-0.15, -0.1) is 0 Å². The molecule has 1 fully saturated rings. The van der Waals surface area contributed by atoms with Gasteiger partial charge in [-0.1, -0.05) is 53.9 Å². The largest absolute Gasteiger partial charge is 0.0615 e. The number of hydrogen-bond acceptors (Lipinski definition) is 0. The minimum Gasteiger partial charge on any atom is -0.0615 e. The highest BCUT2D eigenvalue weighted by atomic mass is 14.4. The smallest absolute Gasteiger partial charge is 0.0295 e. The Kier molecular flexibility index (Phi) is 3.09. The van der Waals surface area contributed by atoms with Gasteiger partial charge in [0.25, 0.3) is 0 Å². The first kappa shape index (κ1) is 11.1. The second-order valence-corrected chi connectivity index (χ2v) is 6.30. The summed E-state index contributed by atoms with van der Waals surface area (Å²) < 4.78 is 0. The fourth-order valence-electron chi connectivity index (χ4n) is 2.84. The van der Waals surface area contributed by atoms with Crippen LogP contribution in [0.25, 0.3) is 0 Å². The molecule has 78 valence electrons. The van der Waals surface area contributed by atoms with Crippen LogP contribution in [0.4, 0.5) is 0 Å². The van der Waals surface area contributed by atoms with Gasteiger partial charge in [0.1, 0.15) is 0 Å². The summed E-state index contributed by atoms with van der Waals surface area (Å²) in [6.07, 6.45) is 7.27. The van der Waals surface area contributed by atoms with Crippen LogP contribution >= 0.6 is 0 Å². The number of rotatable bonds is 1. The topological polar surface area (TPSA) is 0 Å². The molecule has 0 amide bonds. The molecule has 1 rings (SSSR count). The molecule has 1 saturated carbocycles. The van der Waals surface area contributed by atoms with E-state index in [0.717, 1.165) is 5.92 Å². The molecule has 1 aliphatic rings. The highest BCUT2D eigenvalue weighted by molar-refractivity contribution is 4.88. The normalized spacial score (nSPS) is 25.6. The molecule has 0 radical (unpaired) electrons. The van der Waals surface area contributed by atoms with Gasteiger partial charge in [-0.2, -0.15) is 0 Å². The van der Waals surface area contributed by atoms with Crippen LogP contribution in [0.2, 0.25) is 0 Å². The summed E-state index contributed by atoms with van der Waals surface area (Å²) in [6.45, 7) is 12.1. The van der Waals surface area contributed by atoms with Crippen LogP contribution in [0.3, 0.4) is 0 Å². The average Bonchev–Trinajstić information content (AvgIpc) is 2.03. The van der Waals surface area contributed by atoms with Crippen LogP contribution in [-0.2, 0) is 0 Å². The monoisotopic (exact) mass is 182 g/mol. The zero-order valence-electron chi connectivity index (χ0n) is 10.1. The Morgan fingerprint density at radius 1 is 1.00 bits per heavy atom. The minimum atomic E-state index is 0.478. The van der Waals surface area contributed by atoms with Crippen LogP contribution in [0.5, 0.6) is 0 Å². The third-order valence-corrected chi connectivity index (χ3v) is 4.34. The van der Waals surface area contributed by atoms with Crippen LogP contribution in [0.15, 0.2) is 0 Å². The van der Waals surface area contributed by atoms with Crippen molar-refractivity contribution in [3.8, 4) is 0 Å². The molecule has 0 N–H and O–H groups in total. The first-order valence-electron chi connectivity index (χ1n) is 5.86. The van der Waals surface area contributed by atoms with E-state index in [2.05, 4.69) is 34.6 Å². The standard InChI is InChI=1S/C13H26/c1-11(12(2,3)4)13(5)9-7-6-8-10-13/h11H,6-10H2,1-5H3. The fraction of sp³-hybridized carbons (Fsp3) is 1.00. The van der Waals surface area contributed by atoms with E-state index in [0.29, 0.717) is 10.8 Å². The lowest BCUT2D eigenvalue weighted by molar-refractivity contribution is 0.0494. The van der Waals surface area contributed by atoms with Gasteiger partial charge < -0.3 is 0 Å². The summed E-state index contributed by atoms with van der Waals surface area (Å²) >= 11 is 0. The molecule has 0 nitrogen and oxygen atoms in total. The van der Waals surface area contributed by atoms with Crippen molar-refractivity contribution in [2.24, 2.45) is 16.7 Å². The summed E-state index contributed by atoms with van der Waals surface area (Å²) in [4.78, 5) is 0. The zero-order valence-corrected chi connectivity index (χ0v) is 10.1. The quantitative estimate of drug-likeness (QED) is 0.554. The Labute approximate surface area is 84.1 Å². The Bertz CT molecular complexity index is 155. The van der Waals surface area contributed by atoms with Gasteiger partial charge in [-0.25, -0.2) is 0 Å². The Morgan fingerprint density at radius 3 is 1.85 bits per heavy atom. The average molecular weight is 182 g/mol. The molecule has 1 aliphatic carbocycles. The van der Waals surface area contributed by atoms with E-state index in [1.165, 1.54) is 32.1 Å². The summed E-state index contributed by atoms with van der Waals surface area (Å²) in [7, 11) is 0. The van der Waals surface area contributed by atoms with E-state index in [1.807, 2.05) is 0 Å². The lowest BCUT2D eigenvalue weighted by atomic mass is 9.60. The van der Waals surface area contributed by atoms with E-state index in [-0.39, 0.29) is 0 Å². The molecule has 13 heavy (non-hydrogen) atoms. The highest BCUT2D eigenvalue weighted by Gasteiger charge is 2.38. The molecule has 0 bridgehead atoms. The van der Waals surface area contributed by atoms with E-state index in [4.69, 9.17) is 0 Å². The van der Waals surface area contributed by atoms with Crippen molar-refractivity contribution in [3.05, 3.63) is 0 Å². The Hall–Kier alpha value is 0. The van der Waals surface area contributed by atoms with Crippen molar-refractivity contribution in [1.29, 1.82) is 0 Å². The first-order valence-corrected chi connectivity index (χ1v) is 5.86. The molecular formula is C13H26. The molecule has 0 saturated heterocycles. The van der Waals surface area contributed by atoms with Gasteiger partial charge >= 0.3 is 0 Å². The van der Waals surface area contributed by atoms with Gasteiger partial charge in [-0.05, 0) is 29.6 Å². The van der Waals surface area contributed by atoms with Crippen molar-refractivity contribution in [2.45, 2.75) is 66.7 Å². The van der Waals surface area contributed by atoms with Crippen molar-refractivity contribution in [2.75, 3.05) is 0 Å². The van der Waals surface area contributed by atoms with E-state index in [9.17, 15) is 0 Å². The van der Waals surface area contributed by atoms with Crippen molar-refractivity contribution in [1.82, 2.24) is 0 Å². The van der Waals surface area contributed by atoms with Gasteiger partial charge in [0.15, 0.2) is 0 Å².